The Labute approximate surface area is 202 Å². The molecule has 1 aliphatic rings. The van der Waals surface area contributed by atoms with Gasteiger partial charge in [-0.15, -0.1) is 0 Å². The molecule has 1 saturated heterocycles. The minimum absolute atomic E-state index is 0.0621. The smallest absolute Gasteiger partial charge is 0.392 e. The van der Waals surface area contributed by atoms with Crippen LogP contribution >= 0.6 is 0 Å². The van der Waals surface area contributed by atoms with Crippen molar-refractivity contribution in [1.29, 1.82) is 0 Å². The average Bonchev–Trinajstić information content (AvgIpc) is 3.25. The van der Waals surface area contributed by atoms with Gasteiger partial charge in [-0.2, -0.15) is 0 Å². The third kappa shape index (κ3) is 4.36. The highest BCUT2D eigenvalue weighted by Gasteiger charge is 2.27. The molecule has 2 N–H and O–H groups in total. The predicted octanol–water partition coefficient (Wildman–Crippen LogP) is 5.74. The number of aryl methyl sites for hydroxylation is 1. The van der Waals surface area contributed by atoms with Crippen LogP contribution in [0.1, 0.15) is 61.5 Å². The van der Waals surface area contributed by atoms with Crippen LogP contribution in [0.25, 0.3) is 22.1 Å². The van der Waals surface area contributed by atoms with E-state index in [9.17, 15) is 14.7 Å². The van der Waals surface area contributed by atoms with Gasteiger partial charge >= 0.3 is 11.9 Å². The number of carbonyl (C=O) groups is 1. The summed E-state index contributed by atoms with van der Waals surface area (Å²) in [5, 5.41) is 13.2. The van der Waals surface area contributed by atoms with Crippen molar-refractivity contribution in [2.24, 2.45) is 5.41 Å². The van der Waals surface area contributed by atoms with E-state index in [1.54, 1.807) is 18.2 Å². The summed E-state index contributed by atoms with van der Waals surface area (Å²) in [6.07, 6.45) is 2.07. The zero-order valence-corrected chi connectivity index (χ0v) is 20.3. The van der Waals surface area contributed by atoms with Crippen LogP contribution in [0.2, 0.25) is 0 Å². The van der Waals surface area contributed by atoms with Crippen LogP contribution in [-0.4, -0.2) is 29.1 Å². The lowest BCUT2D eigenvalue weighted by Crippen LogP contribution is -2.37. The van der Waals surface area contributed by atoms with E-state index in [0.717, 1.165) is 37.1 Å². The van der Waals surface area contributed by atoms with Gasteiger partial charge in [0.05, 0.1) is 17.1 Å². The van der Waals surface area contributed by atoms with Gasteiger partial charge in [-0.1, -0.05) is 26.0 Å². The van der Waals surface area contributed by atoms with Crippen LogP contribution in [0.15, 0.2) is 50.0 Å². The second-order valence-corrected chi connectivity index (χ2v) is 10.2. The Morgan fingerprint density at radius 3 is 2.63 bits per heavy atom. The van der Waals surface area contributed by atoms with Crippen LogP contribution in [-0.2, 0) is 0 Å². The van der Waals surface area contributed by atoms with Crippen molar-refractivity contribution in [1.82, 2.24) is 4.98 Å². The summed E-state index contributed by atoms with van der Waals surface area (Å²) in [4.78, 5) is 30.7. The number of aromatic nitrogens is 1. The molecule has 35 heavy (non-hydrogen) atoms. The number of para-hydroxylation sites is 1. The van der Waals surface area contributed by atoms with E-state index in [1.165, 1.54) is 0 Å². The monoisotopic (exact) mass is 475 g/mol. The molecule has 3 heterocycles. The number of anilines is 2. The summed E-state index contributed by atoms with van der Waals surface area (Å²) in [6, 6.07) is 10.5. The molecule has 0 spiro atoms. The fraction of sp³-hybridized carbons (Fsp3) is 0.370. The Morgan fingerprint density at radius 1 is 1.17 bits per heavy atom. The van der Waals surface area contributed by atoms with Gasteiger partial charge in [-0.05, 0) is 55.9 Å². The van der Waals surface area contributed by atoms with Crippen LogP contribution < -0.4 is 15.6 Å². The number of nitrogens with one attached hydrogen (secondary N) is 1. The predicted molar refractivity (Wildman–Crippen MR) is 135 cm³/mol. The van der Waals surface area contributed by atoms with Crippen molar-refractivity contribution in [2.45, 2.75) is 46.6 Å². The third-order valence-electron chi connectivity index (χ3n) is 6.86. The summed E-state index contributed by atoms with van der Waals surface area (Å²) < 4.78 is 11.7. The van der Waals surface area contributed by atoms with Gasteiger partial charge < -0.3 is 24.2 Å². The van der Waals surface area contributed by atoms with Gasteiger partial charge in [-0.25, -0.2) is 9.78 Å². The fourth-order valence-electron chi connectivity index (χ4n) is 4.70. The summed E-state index contributed by atoms with van der Waals surface area (Å²) in [6.45, 7) is 10.1. The van der Waals surface area contributed by atoms with E-state index in [2.05, 4.69) is 29.0 Å². The topological polar surface area (TPSA) is 109 Å². The lowest BCUT2D eigenvalue weighted by molar-refractivity contribution is 0.0656. The van der Waals surface area contributed by atoms with Gasteiger partial charge in [0.25, 0.3) is 0 Å². The number of carboxylic acids is 1. The lowest BCUT2D eigenvalue weighted by Gasteiger charge is -2.37. The van der Waals surface area contributed by atoms with Crippen LogP contribution in [0.5, 0.6) is 0 Å². The van der Waals surface area contributed by atoms with Crippen molar-refractivity contribution in [3.8, 4) is 0 Å². The molecule has 1 unspecified atom stereocenters. The molecule has 2 aromatic heterocycles. The van der Waals surface area contributed by atoms with Crippen molar-refractivity contribution >= 4 is 39.6 Å². The standard InChI is InChI=1S/C27H29N3O5/c1-15-12-17(16(2)28-19-6-5-7-21-23(19)29-25(34-21)26(32)33)24-18(13-15)20(31)14-22(35-24)30-10-8-27(3,4)9-11-30/h5-7,12-14,16,28H,8-11H2,1-4H3,(H,32,33). The Morgan fingerprint density at radius 2 is 1.91 bits per heavy atom. The van der Waals surface area contributed by atoms with Crippen LogP contribution in [0.3, 0.4) is 0 Å². The molecule has 8 nitrogen and oxygen atoms in total. The van der Waals surface area contributed by atoms with E-state index < -0.39 is 5.97 Å². The number of hydrogen-bond donors (Lipinski definition) is 2. The van der Waals surface area contributed by atoms with Gasteiger partial charge in [0.15, 0.2) is 16.9 Å². The lowest BCUT2D eigenvalue weighted by atomic mass is 9.83. The molecule has 0 saturated carbocycles. The summed E-state index contributed by atoms with van der Waals surface area (Å²) >= 11 is 0. The number of fused-ring (bicyclic) bond motifs is 2. The van der Waals surface area contributed by atoms with E-state index in [4.69, 9.17) is 8.83 Å². The van der Waals surface area contributed by atoms with E-state index in [1.807, 2.05) is 32.0 Å². The fourth-order valence-corrected chi connectivity index (χ4v) is 4.70. The second kappa shape index (κ2) is 8.45. The number of nitrogens with zero attached hydrogens (tertiary/aromatic N) is 2. The second-order valence-electron chi connectivity index (χ2n) is 10.2. The molecule has 5 rings (SSSR count). The number of oxazole rings is 1. The SMILES string of the molecule is Cc1cc(C(C)Nc2cccc3oc(C(=O)O)nc23)c2oc(N3CCC(C)(C)CC3)cc(=O)c2c1. The molecule has 0 amide bonds. The van der Waals surface area contributed by atoms with Gasteiger partial charge in [0.1, 0.15) is 11.1 Å². The zero-order valence-electron chi connectivity index (χ0n) is 20.3. The number of rotatable bonds is 5. The molecular weight excluding hydrogens is 446 g/mol. The maximum absolute atomic E-state index is 13.1. The molecule has 2 aromatic carbocycles. The average molecular weight is 476 g/mol. The Bertz CT molecular complexity index is 1490. The number of piperidine rings is 1. The summed E-state index contributed by atoms with van der Waals surface area (Å²) in [7, 11) is 0. The van der Waals surface area contributed by atoms with E-state index >= 15 is 0 Å². The zero-order chi connectivity index (χ0) is 24.9. The Balaban J connectivity index is 1.54. The largest absolute Gasteiger partial charge is 0.474 e. The highest BCUT2D eigenvalue weighted by atomic mass is 16.4. The van der Waals surface area contributed by atoms with Gasteiger partial charge in [-0.3, -0.25) is 4.79 Å². The maximum Gasteiger partial charge on any atom is 0.392 e. The molecule has 0 aliphatic carbocycles. The molecule has 8 heteroatoms. The minimum atomic E-state index is -1.22. The molecule has 0 bridgehead atoms. The number of hydrogen-bond acceptors (Lipinski definition) is 7. The van der Waals surface area contributed by atoms with E-state index in [0.29, 0.717) is 33.6 Å². The van der Waals surface area contributed by atoms with Crippen molar-refractivity contribution < 1.29 is 18.7 Å². The highest BCUT2D eigenvalue weighted by Crippen LogP contribution is 2.35. The first-order valence-electron chi connectivity index (χ1n) is 11.8. The summed E-state index contributed by atoms with van der Waals surface area (Å²) in [5.41, 5.74) is 4.04. The number of aromatic carboxylic acids is 1. The minimum Gasteiger partial charge on any atom is -0.474 e. The molecular formula is C27H29N3O5. The number of benzene rings is 2. The molecule has 1 fully saturated rings. The molecule has 1 atom stereocenters. The quantitative estimate of drug-likeness (QED) is 0.376. The number of carboxylic acid groups (broad SMARTS) is 1. The molecule has 182 valence electrons. The summed E-state index contributed by atoms with van der Waals surface area (Å²) in [5.74, 6) is -0.983. The first-order valence-corrected chi connectivity index (χ1v) is 11.8. The van der Waals surface area contributed by atoms with Crippen molar-refractivity contribution in [2.75, 3.05) is 23.3 Å². The first kappa shape index (κ1) is 23.0. The normalized spacial score (nSPS) is 16.5. The van der Waals surface area contributed by atoms with Crippen LogP contribution in [0, 0.1) is 12.3 Å². The van der Waals surface area contributed by atoms with Gasteiger partial charge in [0.2, 0.25) is 0 Å². The molecule has 4 aromatic rings. The van der Waals surface area contributed by atoms with Gasteiger partial charge in [0, 0.05) is 24.7 Å². The van der Waals surface area contributed by atoms with Crippen molar-refractivity contribution in [3.63, 3.8) is 0 Å². The third-order valence-corrected chi connectivity index (χ3v) is 6.86. The van der Waals surface area contributed by atoms with E-state index in [-0.39, 0.29) is 22.8 Å². The Hall–Kier alpha value is -3.81. The maximum atomic E-state index is 13.1. The Kier molecular flexibility index (Phi) is 5.54. The molecule has 1 aliphatic heterocycles. The van der Waals surface area contributed by atoms with Crippen molar-refractivity contribution in [3.05, 3.63) is 63.6 Å². The molecule has 0 radical (unpaired) electrons. The first-order chi connectivity index (χ1) is 16.6. The van der Waals surface area contributed by atoms with Crippen LogP contribution in [0.4, 0.5) is 11.6 Å². The highest BCUT2D eigenvalue weighted by molar-refractivity contribution is 5.92.